The van der Waals surface area contributed by atoms with Gasteiger partial charge in [0.05, 0.1) is 4.58 Å². The fraction of sp³-hybridized carbons (Fsp3) is 0.478. The first kappa shape index (κ1) is 19.4. The normalized spacial score (nSPS) is 33.5. The summed E-state index contributed by atoms with van der Waals surface area (Å²) in [6.45, 7) is 4.11. The molecule has 0 saturated heterocycles. The minimum atomic E-state index is -1.40. The van der Waals surface area contributed by atoms with Crippen LogP contribution in [0.5, 0.6) is 0 Å². The summed E-state index contributed by atoms with van der Waals surface area (Å²) in [5.74, 6) is 0.106. The zero-order valence-corrected chi connectivity index (χ0v) is 17.5. The Bertz CT molecular complexity index is 727. The smallest absolute Gasteiger partial charge is 0.0614 e. The molecule has 0 radical (unpaired) electrons. The standard InChI is InChI=1S/C23H26O2S2/c1-16(23(25)20(24)15-17-13-14-22(17,23)2)21(26-18-9-5-3-6-10-18)27-19-11-7-4-8-12-19/h3-12,16-17,20-21H,13-15H2,1-2H3/q-2/t16-,17+,20-,22-,23+/m0/s1. The second-order valence-electron chi connectivity index (χ2n) is 8.19. The van der Waals surface area contributed by atoms with Crippen molar-refractivity contribution in [2.24, 2.45) is 17.3 Å². The van der Waals surface area contributed by atoms with Crippen molar-refractivity contribution in [1.29, 1.82) is 0 Å². The van der Waals surface area contributed by atoms with Gasteiger partial charge in [-0.05, 0) is 54.4 Å². The van der Waals surface area contributed by atoms with Crippen LogP contribution >= 0.6 is 23.5 Å². The summed E-state index contributed by atoms with van der Waals surface area (Å²) in [6.07, 6.45) is 1.51. The SMILES string of the molecule is C[C@@H](C(Sc1ccccc1)Sc1ccccc1)[C@@]1([O-])[C@@H]([O-])C[C@H]2CC[C@@]21C. The molecule has 0 bridgehead atoms. The third-order valence-corrected chi connectivity index (χ3v) is 9.81. The van der Waals surface area contributed by atoms with Crippen molar-refractivity contribution in [2.75, 3.05) is 0 Å². The van der Waals surface area contributed by atoms with Crippen LogP contribution in [0.1, 0.15) is 33.1 Å². The van der Waals surface area contributed by atoms with Crippen molar-refractivity contribution < 1.29 is 10.2 Å². The highest BCUT2D eigenvalue weighted by atomic mass is 32.2. The van der Waals surface area contributed by atoms with Gasteiger partial charge in [-0.3, -0.25) is 0 Å². The largest absolute Gasteiger partial charge is 0.852 e. The molecule has 2 aliphatic rings. The molecule has 0 aliphatic heterocycles. The molecule has 2 fully saturated rings. The average Bonchev–Trinajstić information content (AvgIpc) is 2.82. The molecule has 0 N–H and O–H groups in total. The minimum Gasteiger partial charge on any atom is -0.852 e. The second-order valence-corrected chi connectivity index (χ2v) is 10.9. The van der Waals surface area contributed by atoms with Crippen molar-refractivity contribution in [3.05, 3.63) is 60.7 Å². The molecule has 2 saturated carbocycles. The Kier molecular flexibility index (Phi) is 5.36. The van der Waals surface area contributed by atoms with Crippen LogP contribution in [0.4, 0.5) is 0 Å². The lowest BCUT2D eigenvalue weighted by Crippen LogP contribution is -2.70. The van der Waals surface area contributed by atoms with Crippen molar-refractivity contribution in [2.45, 2.75) is 59.2 Å². The highest BCUT2D eigenvalue weighted by Gasteiger charge is 2.59. The van der Waals surface area contributed by atoms with E-state index in [4.69, 9.17) is 0 Å². The van der Waals surface area contributed by atoms with E-state index in [-0.39, 0.29) is 15.9 Å². The van der Waals surface area contributed by atoms with Crippen LogP contribution in [0.25, 0.3) is 0 Å². The van der Waals surface area contributed by atoms with E-state index in [9.17, 15) is 10.2 Å². The van der Waals surface area contributed by atoms with Gasteiger partial charge >= 0.3 is 0 Å². The number of thioether (sulfide) groups is 2. The third-order valence-electron chi connectivity index (χ3n) is 6.86. The molecular formula is C23H26O2S2-2. The van der Waals surface area contributed by atoms with Crippen LogP contribution in [-0.2, 0) is 0 Å². The first-order chi connectivity index (χ1) is 12.9. The monoisotopic (exact) mass is 398 g/mol. The van der Waals surface area contributed by atoms with E-state index >= 15 is 0 Å². The molecule has 4 heteroatoms. The predicted molar refractivity (Wildman–Crippen MR) is 110 cm³/mol. The summed E-state index contributed by atoms with van der Waals surface area (Å²) in [5, 5.41) is 27.1. The first-order valence-corrected chi connectivity index (χ1v) is 11.5. The lowest BCUT2D eigenvalue weighted by atomic mass is 9.55. The Hall–Kier alpha value is -0.940. The molecule has 0 unspecified atom stereocenters. The molecule has 27 heavy (non-hydrogen) atoms. The van der Waals surface area contributed by atoms with E-state index in [2.05, 4.69) is 31.2 Å². The number of benzene rings is 2. The van der Waals surface area contributed by atoms with Crippen molar-refractivity contribution in [3.8, 4) is 0 Å². The maximum Gasteiger partial charge on any atom is 0.0614 e. The summed E-state index contributed by atoms with van der Waals surface area (Å²) in [4.78, 5) is 2.30. The predicted octanol–water partition coefficient (Wildman–Crippen LogP) is 4.18. The Morgan fingerprint density at radius 1 is 0.963 bits per heavy atom. The molecule has 0 aromatic heterocycles. The van der Waals surface area contributed by atoms with Crippen LogP contribution in [0, 0.1) is 17.3 Å². The third kappa shape index (κ3) is 3.25. The van der Waals surface area contributed by atoms with E-state index in [0.717, 1.165) is 22.6 Å². The lowest BCUT2D eigenvalue weighted by Gasteiger charge is -2.65. The maximum absolute atomic E-state index is 14.1. The topological polar surface area (TPSA) is 46.1 Å². The van der Waals surface area contributed by atoms with Crippen LogP contribution in [0.15, 0.2) is 70.5 Å². The van der Waals surface area contributed by atoms with E-state index in [1.54, 1.807) is 23.5 Å². The molecule has 0 heterocycles. The van der Waals surface area contributed by atoms with E-state index in [0.29, 0.717) is 12.3 Å². The molecule has 0 amide bonds. The molecule has 2 nitrogen and oxygen atoms in total. The fourth-order valence-electron chi connectivity index (χ4n) is 4.99. The van der Waals surface area contributed by atoms with Crippen molar-refractivity contribution >= 4 is 23.5 Å². The van der Waals surface area contributed by atoms with Crippen LogP contribution in [0.2, 0.25) is 0 Å². The first-order valence-electron chi connectivity index (χ1n) is 9.75. The van der Waals surface area contributed by atoms with Crippen LogP contribution in [0.3, 0.4) is 0 Å². The molecule has 2 aromatic rings. The van der Waals surface area contributed by atoms with Gasteiger partial charge in [-0.1, -0.05) is 56.7 Å². The molecule has 4 rings (SSSR count). The Balaban J connectivity index is 1.65. The fourth-order valence-corrected chi connectivity index (χ4v) is 7.82. The average molecular weight is 399 g/mol. The Morgan fingerprint density at radius 2 is 1.48 bits per heavy atom. The Morgan fingerprint density at radius 3 is 1.89 bits per heavy atom. The summed E-state index contributed by atoms with van der Waals surface area (Å²) >= 11 is 3.46. The van der Waals surface area contributed by atoms with Gasteiger partial charge in [0.1, 0.15) is 0 Å². The highest BCUT2D eigenvalue weighted by Crippen LogP contribution is 2.64. The van der Waals surface area contributed by atoms with E-state index in [1.165, 1.54) is 0 Å². The Labute approximate surface area is 170 Å². The summed E-state index contributed by atoms with van der Waals surface area (Å²) in [5.41, 5.74) is -1.74. The zero-order chi connectivity index (χ0) is 19.1. The molecule has 0 spiro atoms. The number of hydrogen-bond donors (Lipinski definition) is 0. The zero-order valence-electron chi connectivity index (χ0n) is 15.8. The maximum atomic E-state index is 14.1. The lowest BCUT2D eigenvalue weighted by molar-refractivity contribution is -0.593. The van der Waals surface area contributed by atoms with Gasteiger partial charge in [0.2, 0.25) is 0 Å². The number of fused-ring (bicyclic) bond motifs is 1. The molecule has 2 aliphatic carbocycles. The number of rotatable bonds is 6. The van der Waals surface area contributed by atoms with Gasteiger partial charge in [0.25, 0.3) is 0 Å². The van der Waals surface area contributed by atoms with Gasteiger partial charge < -0.3 is 10.2 Å². The van der Waals surface area contributed by atoms with Crippen molar-refractivity contribution in [3.63, 3.8) is 0 Å². The highest BCUT2D eigenvalue weighted by molar-refractivity contribution is 8.17. The van der Waals surface area contributed by atoms with E-state index < -0.39 is 11.7 Å². The molecule has 5 atom stereocenters. The van der Waals surface area contributed by atoms with Gasteiger partial charge in [0, 0.05) is 9.79 Å². The van der Waals surface area contributed by atoms with Crippen molar-refractivity contribution in [1.82, 2.24) is 0 Å². The molecule has 2 aromatic carbocycles. The van der Waals surface area contributed by atoms with Crippen LogP contribution in [-0.4, -0.2) is 16.3 Å². The number of hydrogen-bond acceptors (Lipinski definition) is 4. The quantitative estimate of drug-likeness (QED) is 0.541. The molecule has 144 valence electrons. The molecular weight excluding hydrogens is 372 g/mol. The van der Waals surface area contributed by atoms with E-state index in [1.807, 2.05) is 43.3 Å². The van der Waals surface area contributed by atoms with Gasteiger partial charge in [-0.2, -0.15) is 0 Å². The van der Waals surface area contributed by atoms with Crippen LogP contribution < -0.4 is 10.2 Å². The summed E-state index contributed by atoms with van der Waals surface area (Å²) in [6, 6.07) is 20.5. The second kappa shape index (κ2) is 7.47. The minimum absolute atomic E-state index is 0.0138. The van der Waals surface area contributed by atoms with Gasteiger partial charge in [-0.25, -0.2) is 0 Å². The van der Waals surface area contributed by atoms with Gasteiger partial charge in [0.15, 0.2) is 0 Å². The summed E-state index contributed by atoms with van der Waals surface area (Å²) in [7, 11) is 0. The summed E-state index contributed by atoms with van der Waals surface area (Å²) < 4.78 is 0.0138. The van der Waals surface area contributed by atoms with Gasteiger partial charge in [-0.15, -0.1) is 35.2 Å².